The Bertz CT molecular complexity index is 734. The van der Waals surface area contributed by atoms with Gasteiger partial charge in [0.05, 0.1) is 26.9 Å². The molecule has 0 fully saturated rings. The molecule has 0 aromatic heterocycles. The largest absolute Gasteiger partial charge is 0.497 e. The van der Waals surface area contributed by atoms with E-state index in [4.69, 9.17) is 14.2 Å². The zero-order valence-corrected chi connectivity index (χ0v) is 15.7. The standard InChI is InChI=1S/C20H26N2O4/c1-14(18-11-17(25-3)8-9-19(18)26-4)22-20(23)21-12-15-6-5-7-16(10-15)13-24-2/h5-11,14H,12-13H2,1-4H3,(H2,21,22,23). The van der Waals surface area contributed by atoms with Crippen LogP contribution in [0.4, 0.5) is 4.79 Å². The van der Waals surface area contributed by atoms with Crippen molar-refractivity contribution in [2.45, 2.75) is 26.1 Å². The summed E-state index contributed by atoms with van der Waals surface area (Å²) in [5, 5.41) is 5.79. The van der Waals surface area contributed by atoms with Gasteiger partial charge >= 0.3 is 6.03 Å². The third-order valence-corrected chi connectivity index (χ3v) is 4.01. The molecule has 0 saturated heterocycles. The maximum Gasteiger partial charge on any atom is 0.315 e. The molecule has 0 radical (unpaired) electrons. The van der Waals surface area contributed by atoms with Crippen LogP contribution in [0.25, 0.3) is 0 Å². The van der Waals surface area contributed by atoms with Crippen molar-refractivity contribution in [2.24, 2.45) is 0 Å². The zero-order valence-electron chi connectivity index (χ0n) is 15.7. The van der Waals surface area contributed by atoms with Crippen molar-refractivity contribution in [1.29, 1.82) is 0 Å². The third-order valence-electron chi connectivity index (χ3n) is 4.01. The van der Waals surface area contributed by atoms with E-state index in [0.29, 0.717) is 24.7 Å². The van der Waals surface area contributed by atoms with Crippen molar-refractivity contribution in [2.75, 3.05) is 21.3 Å². The minimum Gasteiger partial charge on any atom is -0.497 e. The Labute approximate surface area is 154 Å². The molecule has 26 heavy (non-hydrogen) atoms. The van der Waals surface area contributed by atoms with E-state index < -0.39 is 0 Å². The Morgan fingerprint density at radius 3 is 2.50 bits per heavy atom. The van der Waals surface area contributed by atoms with Crippen LogP contribution in [-0.2, 0) is 17.9 Å². The molecule has 0 aliphatic carbocycles. The normalized spacial score (nSPS) is 11.5. The Morgan fingerprint density at radius 1 is 1.04 bits per heavy atom. The average Bonchev–Trinajstić information content (AvgIpc) is 2.66. The lowest BCUT2D eigenvalue weighted by Crippen LogP contribution is -2.36. The van der Waals surface area contributed by atoms with Gasteiger partial charge < -0.3 is 24.8 Å². The zero-order chi connectivity index (χ0) is 18.9. The number of hydrogen-bond donors (Lipinski definition) is 2. The fraction of sp³-hybridized carbons (Fsp3) is 0.350. The summed E-state index contributed by atoms with van der Waals surface area (Å²) in [6.45, 7) is 2.88. The SMILES string of the molecule is COCc1cccc(CNC(=O)NC(C)c2cc(OC)ccc2OC)c1. The van der Waals surface area contributed by atoms with Crippen molar-refractivity contribution < 1.29 is 19.0 Å². The van der Waals surface area contributed by atoms with Crippen LogP contribution in [0.15, 0.2) is 42.5 Å². The highest BCUT2D eigenvalue weighted by Gasteiger charge is 2.15. The lowest BCUT2D eigenvalue weighted by molar-refractivity contribution is 0.185. The summed E-state index contributed by atoms with van der Waals surface area (Å²) in [4.78, 5) is 12.2. The van der Waals surface area contributed by atoms with Crippen LogP contribution in [0, 0.1) is 0 Å². The van der Waals surface area contributed by atoms with Crippen molar-refractivity contribution >= 4 is 6.03 Å². The van der Waals surface area contributed by atoms with Crippen LogP contribution in [0.1, 0.15) is 29.7 Å². The monoisotopic (exact) mass is 358 g/mol. The van der Waals surface area contributed by atoms with Gasteiger partial charge in [0.2, 0.25) is 0 Å². The van der Waals surface area contributed by atoms with E-state index in [-0.39, 0.29) is 12.1 Å². The lowest BCUT2D eigenvalue weighted by atomic mass is 10.1. The molecular formula is C20H26N2O4. The second-order valence-electron chi connectivity index (χ2n) is 5.91. The number of rotatable bonds is 8. The molecule has 0 spiro atoms. The summed E-state index contributed by atoms with van der Waals surface area (Å²) in [7, 11) is 4.87. The van der Waals surface area contributed by atoms with Crippen LogP contribution in [0.2, 0.25) is 0 Å². The second-order valence-corrected chi connectivity index (χ2v) is 5.91. The summed E-state index contributed by atoms with van der Waals surface area (Å²) in [6.07, 6.45) is 0. The van der Waals surface area contributed by atoms with Crippen LogP contribution in [0.5, 0.6) is 11.5 Å². The highest BCUT2D eigenvalue weighted by molar-refractivity contribution is 5.74. The Kier molecular flexibility index (Phi) is 7.29. The van der Waals surface area contributed by atoms with Gasteiger partial charge in [0.25, 0.3) is 0 Å². The van der Waals surface area contributed by atoms with Crippen molar-refractivity contribution in [1.82, 2.24) is 10.6 Å². The molecule has 1 unspecified atom stereocenters. The molecule has 2 amide bonds. The van der Waals surface area contributed by atoms with Crippen LogP contribution < -0.4 is 20.1 Å². The van der Waals surface area contributed by atoms with Gasteiger partial charge in [-0.05, 0) is 36.2 Å². The molecule has 0 aliphatic rings. The highest BCUT2D eigenvalue weighted by Crippen LogP contribution is 2.29. The molecule has 0 bridgehead atoms. The first-order valence-electron chi connectivity index (χ1n) is 8.40. The lowest BCUT2D eigenvalue weighted by Gasteiger charge is -2.18. The van der Waals surface area contributed by atoms with Gasteiger partial charge in [-0.1, -0.05) is 24.3 Å². The van der Waals surface area contributed by atoms with Gasteiger partial charge in [-0.2, -0.15) is 0 Å². The average molecular weight is 358 g/mol. The number of urea groups is 1. The Morgan fingerprint density at radius 2 is 1.81 bits per heavy atom. The predicted octanol–water partition coefficient (Wildman–Crippen LogP) is 3.41. The van der Waals surface area contributed by atoms with Gasteiger partial charge in [-0.25, -0.2) is 4.79 Å². The third kappa shape index (κ3) is 5.39. The smallest absolute Gasteiger partial charge is 0.315 e. The van der Waals surface area contributed by atoms with Crippen molar-refractivity contribution in [3.63, 3.8) is 0 Å². The number of ether oxygens (including phenoxy) is 3. The van der Waals surface area contributed by atoms with Gasteiger partial charge in [-0.15, -0.1) is 0 Å². The number of carbonyl (C=O) groups excluding carboxylic acids is 1. The predicted molar refractivity (Wildman–Crippen MR) is 100 cm³/mol. The summed E-state index contributed by atoms with van der Waals surface area (Å²) >= 11 is 0. The fourth-order valence-corrected chi connectivity index (χ4v) is 2.68. The molecule has 1 atom stereocenters. The molecular weight excluding hydrogens is 332 g/mol. The van der Waals surface area contributed by atoms with E-state index in [1.54, 1.807) is 21.3 Å². The Balaban J connectivity index is 1.96. The van der Waals surface area contributed by atoms with E-state index in [1.807, 2.05) is 49.4 Å². The number of benzene rings is 2. The first-order valence-corrected chi connectivity index (χ1v) is 8.40. The topological polar surface area (TPSA) is 68.8 Å². The van der Waals surface area contributed by atoms with E-state index in [0.717, 1.165) is 16.7 Å². The molecule has 2 aromatic carbocycles. The summed E-state index contributed by atoms with van der Waals surface area (Å²) in [5.74, 6) is 1.41. The molecule has 2 rings (SSSR count). The number of nitrogens with one attached hydrogen (secondary N) is 2. The molecule has 0 saturated carbocycles. The maximum atomic E-state index is 12.2. The number of methoxy groups -OCH3 is 3. The van der Waals surface area contributed by atoms with Gasteiger partial charge in [0.1, 0.15) is 11.5 Å². The highest BCUT2D eigenvalue weighted by atomic mass is 16.5. The van der Waals surface area contributed by atoms with E-state index in [1.165, 1.54) is 0 Å². The van der Waals surface area contributed by atoms with Gasteiger partial charge in [0.15, 0.2) is 0 Å². The molecule has 6 nitrogen and oxygen atoms in total. The van der Waals surface area contributed by atoms with Crippen LogP contribution in [0.3, 0.4) is 0 Å². The van der Waals surface area contributed by atoms with E-state index >= 15 is 0 Å². The number of amides is 2. The van der Waals surface area contributed by atoms with E-state index in [9.17, 15) is 4.79 Å². The molecule has 140 valence electrons. The van der Waals surface area contributed by atoms with E-state index in [2.05, 4.69) is 10.6 Å². The van der Waals surface area contributed by atoms with Crippen LogP contribution >= 0.6 is 0 Å². The fourth-order valence-electron chi connectivity index (χ4n) is 2.68. The molecule has 6 heteroatoms. The first-order chi connectivity index (χ1) is 12.6. The molecule has 0 aliphatic heterocycles. The number of hydrogen-bond acceptors (Lipinski definition) is 4. The molecule has 2 N–H and O–H groups in total. The molecule has 2 aromatic rings. The van der Waals surface area contributed by atoms with Crippen molar-refractivity contribution in [3.8, 4) is 11.5 Å². The Hall–Kier alpha value is -2.73. The van der Waals surface area contributed by atoms with Crippen LogP contribution in [-0.4, -0.2) is 27.4 Å². The van der Waals surface area contributed by atoms with Gasteiger partial charge in [-0.3, -0.25) is 0 Å². The number of carbonyl (C=O) groups is 1. The summed E-state index contributed by atoms with van der Waals surface area (Å²) in [6, 6.07) is 12.9. The minimum absolute atomic E-state index is 0.236. The maximum absolute atomic E-state index is 12.2. The van der Waals surface area contributed by atoms with Gasteiger partial charge in [0, 0.05) is 19.2 Å². The molecule has 0 heterocycles. The summed E-state index contributed by atoms with van der Waals surface area (Å²) in [5.41, 5.74) is 2.94. The summed E-state index contributed by atoms with van der Waals surface area (Å²) < 4.78 is 15.8. The van der Waals surface area contributed by atoms with Crippen molar-refractivity contribution in [3.05, 3.63) is 59.2 Å². The second kappa shape index (κ2) is 9.68. The quantitative estimate of drug-likeness (QED) is 0.759. The minimum atomic E-state index is -0.250. The first kappa shape index (κ1) is 19.6.